The first kappa shape index (κ1) is 14.5. The van der Waals surface area contributed by atoms with Crippen LogP contribution in [0.3, 0.4) is 0 Å². The summed E-state index contributed by atoms with van der Waals surface area (Å²) in [5.41, 5.74) is 2.18. The Labute approximate surface area is 126 Å². The smallest absolute Gasteiger partial charge is 0.121 e. The highest BCUT2D eigenvalue weighted by Crippen LogP contribution is 2.20. The molecule has 1 aromatic carbocycles. The molecular weight excluding hydrogens is 260 g/mol. The van der Waals surface area contributed by atoms with Crippen molar-refractivity contribution in [1.29, 1.82) is 0 Å². The Kier molecular flexibility index (Phi) is 4.56. The van der Waals surface area contributed by atoms with Crippen LogP contribution in [0, 0.1) is 5.92 Å². The average Bonchev–Trinajstić information content (AvgIpc) is 2.95. The number of H-pyrrole nitrogens is 1. The van der Waals surface area contributed by atoms with Crippen molar-refractivity contribution in [3.8, 4) is 0 Å². The number of likely N-dealkylation sites (tertiary alicyclic amines) is 1. The maximum Gasteiger partial charge on any atom is 0.121 e. The molecule has 0 aliphatic carbocycles. The second-order valence-electron chi connectivity index (χ2n) is 6.14. The van der Waals surface area contributed by atoms with Crippen LogP contribution in [0.15, 0.2) is 24.3 Å². The molecule has 2 aromatic rings. The molecule has 1 atom stereocenters. The molecule has 1 aromatic heterocycles. The van der Waals surface area contributed by atoms with Crippen LogP contribution < -0.4 is 5.32 Å². The van der Waals surface area contributed by atoms with Crippen molar-refractivity contribution < 1.29 is 0 Å². The Morgan fingerprint density at radius 2 is 2.10 bits per heavy atom. The lowest BCUT2D eigenvalue weighted by Crippen LogP contribution is -2.41. The molecular formula is C17H26N4. The zero-order valence-electron chi connectivity index (χ0n) is 13.1. The fourth-order valence-electron chi connectivity index (χ4n) is 3.28. The number of aromatic amines is 1. The van der Waals surface area contributed by atoms with Crippen molar-refractivity contribution in [2.24, 2.45) is 5.92 Å². The van der Waals surface area contributed by atoms with Crippen molar-refractivity contribution in [3.63, 3.8) is 0 Å². The van der Waals surface area contributed by atoms with Crippen LogP contribution in [0.1, 0.15) is 32.5 Å². The highest BCUT2D eigenvalue weighted by molar-refractivity contribution is 5.74. The molecule has 4 heteroatoms. The monoisotopic (exact) mass is 286 g/mol. The lowest BCUT2D eigenvalue weighted by molar-refractivity contribution is 0.168. The van der Waals surface area contributed by atoms with Crippen molar-refractivity contribution >= 4 is 11.0 Å². The van der Waals surface area contributed by atoms with E-state index in [4.69, 9.17) is 0 Å². The van der Waals surface area contributed by atoms with E-state index in [1.807, 2.05) is 12.1 Å². The third-order valence-corrected chi connectivity index (χ3v) is 4.82. The topological polar surface area (TPSA) is 44.0 Å². The Morgan fingerprint density at radius 3 is 2.81 bits per heavy atom. The standard InChI is InChI=1S/C17H26N4/c1-3-21-10-8-14(9-11-21)13(2)18-12-17-19-15-6-4-5-7-16(15)20-17/h4-7,13-14,18H,3,8-12H2,1-2H3,(H,19,20). The molecule has 0 bridgehead atoms. The molecule has 114 valence electrons. The first-order valence-electron chi connectivity index (χ1n) is 8.15. The number of piperidine rings is 1. The first-order chi connectivity index (χ1) is 10.3. The van der Waals surface area contributed by atoms with Crippen LogP contribution in [0.5, 0.6) is 0 Å². The minimum atomic E-state index is 0.553. The maximum absolute atomic E-state index is 4.63. The van der Waals surface area contributed by atoms with Crippen LogP contribution in [0.4, 0.5) is 0 Å². The predicted octanol–water partition coefficient (Wildman–Crippen LogP) is 2.77. The zero-order chi connectivity index (χ0) is 14.7. The average molecular weight is 286 g/mol. The molecule has 2 N–H and O–H groups in total. The fourth-order valence-corrected chi connectivity index (χ4v) is 3.28. The van der Waals surface area contributed by atoms with Gasteiger partial charge in [-0.25, -0.2) is 4.98 Å². The SMILES string of the molecule is CCN1CCC(C(C)NCc2nc3ccccc3[nH]2)CC1. The molecule has 1 unspecified atom stereocenters. The highest BCUT2D eigenvalue weighted by Gasteiger charge is 2.22. The van der Waals surface area contributed by atoms with E-state index < -0.39 is 0 Å². The summed E-state index contributed by atoms with van der Waals surface area (Å²) in [6.45, 7) is 9.07. The number of hydrogen-bond donors (Lipinski definition) is 2. The van der Waals surface area contributed by atoms with Gasteiger partial charge in [0.1, 0.15) is 5.82 Å². The third kappa shape index (κ3) is 3.44. The van der Waals surface area contributed by atoms with E-state index in [2.05, 4.69) is 46.2 Å². The Morgan fingerprint density at radius 1 is 1.33 bits per heavy atom. The number of aromatic nitrogens is 2. The van der Waals surface area contributed by atoms with E-state index in [1.165, 1.54) is 32.5 Å². The van der Waals surface area contributed by atoms with Gasteiger partial charge in [-0.1, -0.05) is 19.1 Å². The van der Waals surface area contributed by atoms with Gasteiger partial charge in [0.25, 0.3) is 0 Å². The number of hydrogen-bond acceptors (Lipinski definition) is 3. The van der Waals surface area contributed by atoms with Crippen LogP contribution in [-0.4, -0.2) is 40.5 Å². The summed E-state index contributed by atoms with van der Waals surface area (Å²) in [5, 5.41) is 3.65. The first-order valence-corrected chi connectivity index (χ1v) is 8.15. The van der Waals surface area contributed by atoms with Crippen molar-refractivity contribution in [2.75, 3.05) is 19.6 Å². The summed E-state index contributed by atoms with van der Waals surface area (Å²) >= 11 is 0. The molecule has 1 saturated heterocycles. The number of para-hydroxylation sites is 2. The molecule has 4 nitrogen and oxygen atoms in total. The molecule has 2 heterocycles. The molecule has 0 amide bonds. The van der Waals surface area contributed by atoms with Gasteiger partial charge in [0.2, 0.25) is 0 Å². The third-order valence-electron chi connectivity index (χ3n) is 4.82. The van der Waals surface area contributed by atoms with Gasteiger partial charge < -0.3 is 15.2 Å². The number of benzene rings is 1. The lowest BCUT2D eigenvalue weighted by Gasteiger charge is -2.34. The molecule has 21 heavy (non-hydrogen) atoms. The van der Waals surface area contributed by atoms with Gasteiger partial charge in [0.05, 0.1) is 17.6 Å². The minimum Gasteiger partial charge on any atom is -0.341 e. The highest BCUT2D eigenvalue weighted by atomic mass is 15.1. The number of fused-ring (bicyclic) bond motifs is 1. The van der Waals surface area contributed by atoms with Crippen molar-refractivity contribution in [1.82, 2.24) is 20.2 Å². The summed E-state index contributed by atoms with van der Waals surface area (Å²) in [6, 6.07) is 8.76. The van der Waals surface area contributed by atoms with Gasteiger partial charge in [0, 0.05) is 6.04 Å². The molecule has 3 rings (SSSR count). The largest absolute Gasteiger partial charge is 0.341 e. The quantitative estimate of drug-likeness (QED) is 0.888. The maximum atomic E-state index is 4.63. The molecule has 0 radical (unpaired) electrons. The second kappa shape index (κ2) is 6.58. The van der Waals surface area contributed by atoms with Gasteiger partial charge in [-0.2, -0.15) is 0 Å². The molecule has 1 aliphatic rings. The van der Waals surface area contributed by atoms with Gasteiger partial charge in [-0.15, -0.1) is 0 Å². The number of nitrogens with one attached hydrogen (secondary N) is 2. The van der Waals surface area contributed by atoms with E-state index in [0.717, 1.165) is 29.3 Å². The van der Waals surface area contributed by atoms with Gasteiger partial charge in [0.15, 0.2) is 0 Å². The van der Waals surface area contributed by atoms with E-state index in [1.54, 1.807) is 0 Å². The van der Waals surface area contributed by atoms with Gasteiger partial charge >= 0.3 is 0 Å². The van der Waals surface area contributed by atoms with Crippen LogP contribution in [0.25, 0.3) is 11.0 Å². The van der Waals surface area contributed by atoms with Gasteiger partial charge in [-0.3, -0.25) is 0 Å². The van der Waals surface area contributed by atoms with Crippen LogP contribution >= 0.6 is 0 Å². The lowest BCUT2D eigenvalue weighted by atomic mass is 9.90. The Balaban J connectivity index is 1.52. The van der Waals surface area contributed by atoms with Crippen molar-refractivity contribution in [2.45, 2.75) is 39.3 Å². The number of rotatable bonds is 5. The second-order valence-corrected chi connectivity index (χ2v) is 6.14. The summed E-state index contributed by atoms with van der Waals surface area (Å²) in [5.74, 6) is 1.83. The predicted molar refractivity (Wildman–Crippen MR) is 87.2 cm³/mol. The van der Waals surface area contributed by atoms with E-state index in [9.17, 15) is 0 Å². The van der Waals surface area contributed by atoms with E-state index in [-0.39, 0.29) is 0 Å². The Hall–Kier alpha value is -1.39. The molecule has 1 aliphatic heterocycles. The minimum absolute atomic E-state index is 0.553. The summed E-state index contributed by atoms with van der Waals surface area (Å²) in [4.78, 5) is 10.6. The van der Waals surface area contributed by atoms with Gasteiger partial charge in [-0.05, 0) is 57.5 Å². The normalized spacial score (nSPS) is 19.1. The fraction of sp³-hybridized carbons (Fsp3) is 0.588. The van der Waals surface area contributed by atoms with E-state index >= 15 is 0 Å². The summed E-state index contributed by atoms with van der Waals surface area (Å²) < 4.78 is 0. The summed E-state index contributed by atoms with van der Waals surface area (Å²) in [7, 11) is 0. The van der Waals surface area contributed by atoms with Crippen LogP contribution in [0.2, 0.25) is 0 Å². The Bertz CT molecular complexity index is 536. The molecule has 0 saturated carbocycles. The molecule has 1 fully saturated rings. The number of nitrogens with zero attached hydrogens (tertiary/aromatic N) is 2. The zero-order valence-corrected chi connectivity index (χ0v) is 13.1. The van der Waals surface area contributed by atoms with Crippen molar-refractivity contribution in [3.05, 3.63) is 30.1 Å². The van der Waals surface area contributed by atoms with E-state index in [0.29, 0.717) is 6.04 Å². The summed E-state index contributed by atoms with van der Waals surface area (Å²) in [6.07, 6.45) is 2.62. The number of imidazole rings is 1. The molecule has 0 spiro atoms. The van der Waals surface area contributed by atoms with Crippen LogP contribution in [-0.2, 0) is 6.54 Å².